The Morgan fingerprint density at radius 3 is 3.18 bits per heavy atom. The minimum Gasteiger partial charge on any atom is -0.324 e. The molecule has 5 nitrogen and oxygen atoms in total. The molecule has 0 saturated heterocycles. The predicted molar refractivity (Wildman–Crippen MR) is 38.3 cm³/mol. The highest BCUT2D eigenvalue weighted by Gasteiger charge is 2.00. The second kappa shape index (κ2) is 1.91. The molecule has 0 aromatic carbocycles. The van der Waals surface area contributed by atoms with Crippen LogP contribution in [0.25, 0.3) is 5.65 Å². The Hall–Kier alpha value is -1.65. The van der Waals surface area contributed by atoms with E-state index in [0.717, 1.165) is 0 Å². The zero-order valence-electron chi connectivity index (χ0n) is 5.90. The number of fused-ring (bicyclic) bond motifs is 1. The summed E-state index contributed by atoms with van der Waals surface area (Å²) in [7, 11) is 0. The van der Waals surface area contributed by atoms with Crippen LogP contribution < -0.4 is 5.56 Å². The normalized spacial score (nSPS) is 10.6. The fraction of sp³-hybridized carbons (Fsp3) is 0.167. The Morgan fingerprint density at radius 2 is 2.45 bits per heavy atom. The van der Waals surface area contributed by atoms with Gasteiger partial charge in [0, 0.05) is 12.4 Å². The lowest BCUT2D eigenvalue weighted by atomic mass is 10.7. The maximum atomic E-state index is 11.0. The van der Waals surface area contributed by atoms with Crippen molar-refractivity contribution in [2.45, 2.75) is 6.92 Å². The number of nitrogens with zero attached hydrogens (tertiary/aromatic N) is 3. The van der Waals surface area contributed by atoms with Gasteiger partial charge in [0.05, 0.1) is 0 Å². The van der Waals surface area contributed by atoms with Gasteiger partial charge in [0.2, 0.25) is 5.65 Å². The fourth-order valence-corrected chi connectivity index (χ4v) is 0.937. The lowest BCUT2D eigenvalue weighted by molar-refractivity contribution is 0.913. The summed E-state index contributed by atoms with van der Waals surface area (Å²) >= 11 is 0. The van der Waals surface area contributed by atoms with Gasteiger partial charge >= 0.3 is 0 Å². The molecule has 1 N–H and O–H groups in total. The third-order valence-electron chi connectivity index (χ3n) is 1.37. The molecule has 2 heterocycles. The van der Waals surface area contributed by atoms with Gasteiger partial charge in [-0.2, -0.15) is 5.10 Å². The molecule has 0 aliphatic heterocycles. The quantitative estimate of drug-likeness (QED) is 0.562. The minimum absolute atomic E-state index is 0.215. The van der Waals surface area contributed by atoms with Crippen molar-refractivity contribution in [2.24, 2.45) is 0 Å². The average molecular weight is 150 g/mol. The molecule has 56 valence electrons. The first kappa shape index (κ1) is 6.09. The standard InChI is InChI=1S/C6H6N4O/c1-4-8-5-6(11)7-2-3-10(5)9-4/h2-3H,1H3,(H,7,11). The largest absolute Gasteiger partial charge is 0.324 e. The summed E-state index contributed by atoms with van der Waals surface area (Å²) in [5.41, 5.74) is 0.123. The van der Waals surface area contributed by atoms with Crippen molar-refractivity contribution in [1.29, 1.82) is 0 Å². The Kier molecular flexibility index (Phi) is 1.06. The molecule has 11 heavy (non-hydrogen) atoms. The highest BCUT2D eigenvalue weighted by atomic mass is 16.1. The topological polar surface area (TPSA) is 63.0 Å². The smallest absolute Gasteiger partial charge is 0.293 e. The third kappa shape index (κ3) is 0.813. The number of aryl methyl sites for hydroxylation is 1. The van der Waals surface area contributed by atoms with Crippen molar-refractivity contribution in [3.05, 3.63) is 28.6 Å². The van der Waals surface area contributed by atoms with Crippen LogP contribution in [0.1, 0.15) is 5.82 Å². The van der Waals surface area contributed by atoms with E-state index >= 15 is 0 Å². The molecule has 2 rings (SSSR count). The number of aromatic amines is 1. The van der Waals surface area contributed by atoms with Crippen LogP contribution in [0.4, 0.5) is 0 Å². The van der Waals surface area contributed by atoms with Crippen molar-refractivity contribution in [1.82, 2.24) is 19.6 Å². The molecule has 0 atom stereocenters. The molecule has 0 fully saturated rings. The highest BCUT2D eigenvalue weighted by Crippen LogP contribution is 1.90. The van der Waals surface area contributed by atoms with Crippen molar-refractivity contribution >= 4 is 5.65 Å². The van der Waals surface area contributed by atoms with E-state index in [9.17, 15) is 4.79 Å². The third-order valence-corrected chi connectivity index (χ3v) is 1.37. The van der Waals surface area contributed by atoms with E-state index in [0.29, 0.717) is 11.5 Å². The Balaban J connectivity index is 3.02. The van der Waals surface area contributed by atoms with Crippen molar-refractivity contribution in [2.75, 3.05) is 0 Å². The van der Waals surface area contributed by atoms with Gasteiger partial charge in [0.25, 0.3) is 5.56 Å². The molecule has 0 radical (unpaired) electrons. The number of H-pyrrole nitrogens is 1. The molecule has 2 aromatic rings. The summed E-state index contributed by atoms with van der Waals surface area (Å²) in [6.45, 7) is 1.74. The molecule has 0 aliphatic carbocycles. The summed E-state index contributed by atoms with van der Waals surface area (Å²) < 4.78 is 1.45. The summed E-state index contributed by atoms with van der Waals surface area (Å²) in [4.78, 5) is 17.4. The van der Waals surface area contributed by atoms with Gasteiger partial charge in [-0.15, -0.1) is 0 Å². The van der Waals surface area contributed by atoms with Crippen LogP contribution in [0.5, 0.6) is 0 Å². The molecule has 5 heteroatoms. The summed E-state index contributed by atoms with van der Waals surface area (Å²) in [5.74, 6) is 0.599. The molecule has 0 aliphatic rings. The van der Waals surface area contributed by atoms with E-state index in [-0.39, 0.29) is 5.56 Å². The number of hydrogen-bond donors (Lipinski definition) is 1. The predicted octanol–water partition coefficient (Wildman–Crippen LogP) is -0.274. The Morgan fingerprint density at radius 1 is 1.64 bits per heavy atom. The van der Waals surface area contributed by atoms with E-state index in [2.05, 4.69) is 15.1 Å². The molecule has 0 bridgehead atoms. The van der Waals surface area contributed by atoms with Crippen LogP contribution in [-0.4, -0.2) is 19.6 Å². The number of nitrogens with one attached hydrogen (secondary N) is 1. The van der Waals surface area contributed by atoms with Crippen LogP contribution in [0.2, 0.25) is 0 Å². The van der Waals surface area contributed by atoms with Crippen LogP contribution in [0, 0.1) is 6.92 Å². The maximum absolute atomic E-state index is 11.0. The first-order chi connectivity index (χ1) is 5.27. The molecule has 2 aromatic heterocycles. The van der Waals surface area contributed by atoms with Crippen molar-refractivity contribution in [3.63, 3.8) is 0 Å². The number of rotatable bonds is 0. The summed E-state index contributed by atoms with van der Waals surface area (Å²) in [6, 6.07) is 0. The van der Waals surface area contributed by atoms with Crippen LogP contribution >= 0.6 is 0 Å². The van der Waals surface area contributed by atoms with Gasteiger partial charge in [-0.3, -0.25) is 4.79 Å². The monoisotopic (exact) mass is 150 g/mol. The Bertz CT molecular complexity index is 441. The second-order valence-electron chi connectivity index (χ2n) is 2.22. The molecule has 0 unspecified atom stereocenters. The first-order valence-corrected chi connectivity index (χ1v) is 3.18. The maximum Gasteiger partial charge on any atom is 0.293 e. The van der Waals surface area contributed by atoms with Gasteiger partial charge in [-0.25, -0.2) is 9.50 Å². The van der Waals surface area contributed by atoms with Crippen LogP contribution in [-0.2, 0) is 0 Å². The zero-order valence-corrected chi connectivity index (χ0v) is 5.90. The second-order valence-corrected chi connectivity index (χ2v) is 2.22. The van der Waals surface area contributed by atoms with Gasteiger partial charge in [0.1, 0.15) is 5.82 Å². The van der Waals surface area contributed by atoms with E-state index < -0.39 is 0 Å². The van der Waals surface area contributed by atoms with Gasteiger partial charge in [0.15, 0.2) is 0 Å². The fourth-order valence-electron chi connectivity index (χ4n) is 0.937. The highest BCUT2D eigenvalue weighted by molar-refractivity contribution is 5.32. The molecular weight excluding hydrogens is 144 g/mol. The van der Waals surface area contributed by atoms with Gasteiger partial charge in [-0.1, -0.05) is 0 Å². The molecule has 0 saturated carbocycles. The summed E-state index contributed by atoms with van der Waals surface area (Å²) in [5, 5.41) is 3.96. The van der Waals surface area contributed by atoms with E-state index in [1.54, 1.807) is 13.1 Å². The molecule has 0 spiro atoms. The van der Waals surface area contributed by atoms with E-state index in [1.807, 2.05) is 0 Å². The van der Waals surface area contributed by atoms with Gasteiger partial charge < -0.3 is 4.98 Å². The van der Waals surface area contributed by atoms with Crippen LogP contribution in [0.3, 0.4) is 0 Å². The van der Waals surface area contributed by atoms with Crippen molar-refractivity contribution < 1.29 is 0 Å². The first-order valence-electron chi connectivity index (χ1n) is 3.18. The lowest BCUT2D eigenvalue weighted by Crippen LogP contribution is -2.08. The molecule has 0 amide bonds. The molecular formula is C6H6N4O. The Labute approximate surface area is 61.7 Å². The zero-order chi connectivity index (χ0) is 7.84. The number of hydrogen-bond acceptors (Lipinski definition) is 3. The van der Waals surface area contributed by atoms with E-state index in [4.69, 9.17) is 0 Å². The minimum atomic E-state index is -0.215. The van der Waals surface area contributed by atoms with Crippen molar-refractivity contribution in [3.8, 4) is 0 Å². The average Bonchev–Trinajstić information content (AvgIpc) is 2.31. The lowest BCUT2D eigenvalue weighted by Gasteiger charge is -1.85. The van der Waals surface area contributed by atoms with E-state index in [1.165, 1.54) is 10.7 Å². The van der Waals surface area contributed by atoms with Crippen LogP contribution in [0.15, 0.2) is 17.2 Å². The summed E-state index contributed by atoms with van der Waals surface area (Å²) in [6.07, 6.45) is 3.18. The number of aromatic nitrogens is 4. The van der Waals surface area contributed by atoms with Gasteiger partial charge in [-0.05, 0) is 6.92 Å². The SMILES string of the molecule is Cc1nc2c(=O)[nH]ccn2n1.